The Bertz CT molecular complexity index is 479. The fraction of sp³-hybridized carbons (Fsp3) is 0.667. The molecule has 3 rings (SSSR count). The van der Waals surface area contributed by atoms with Gasteiger partial charge in [-0.1, -0.05) is 0 Å². The molecule has 6 heteroatoms. The lowest BCUT2D eigenvalue weighted by Gasteiger charge is -2.40. The number of piperidine rings is 1. The van der Waals surface area contributed by atoms with E-state index in [0.29, 0.717) is 12.4 Å². The molecule has 2 saturated heterocycles. The van der Waals surface area contributed by atoms with Crippen LogP contribution in [0.2, 0.25) is 0 Å². The highest BCUT2D eigenvalue weighted by molar-refractivity contribution is 5.36. The number of hydrogen-bond donors (Lipinski definition) is 2. The van der Waals surface area contributed by atoms with Gasteiger partial charge in [0.25, 0.3) is 5.56 Å². The SMILES string of the molecule is NC1COCC12CCN(c1ncc[nH]c1=O)CC2. The second-order valence-electron chi connectivity index (χ2n) is 5.21. The molecule has 18 heavy (non-hydrogen) atoms. The highest BCUT2D eigenvalue weighted by Gasteiger charge is 2.44. The molecular weight excluding hydrogens is 232 g/mol. The average Bonchev–Trinajstić information content (AvgIpc) is 2.73. The molecule has 0 saturated carbocycles. The molecule has 0 radical (unpaired) electrons. The van der Waals surface area contributed by atoms with Crippen LogP contribution in [0, 0.1) is 5.41 Å². The summed E-state index contributed by atoms with van der Waals surface area (Å²) < 4.78 is 5.49. The number of aromatic nitrogens is 2. The van der Waals surface area contributed by atoms with Gasteiger partial charge in [0.15, 0.2) is 5.82 Å². The van der Waals surface area contributed by atoms with Crippen molar-refractivity contribution in [3.63, 3.8) is 0 Å². The van der Waals surface area contributed by atoms with Gasteiger partial charge in [0, 0.05) is 36.9 Å². The minimum atomic E-state index is -0.125. The summed E-state index contributed by atoms with van der Waals surface area (Å²) in [6.45, 7) is 3.04. The summed E-state index contributed by atoms with van der Waals surface area (Å²) in [5.74, 6) is 0.514. The molecule has 1 aromatic heterocycles. The van der Waals surface area contributed by atoms with Crippen LogP contribution in [0.1, 0.15) is 12.8 Å². The van der Waals surface area contributed by atoms with E-state index in [4.69, 9.17) is 10.5 Å². The second kappa shape index (κ2) is 4.37. The molecule has 1 unspecified atom stereocenters. The molecule has 1 atom stereocenters. The van der Waals surface area contributed by atoms with Crippen molar-refractivity contribution in [3.8, 4) is 0 Å². The molecule has 0 aromatic carbocycles. The maximum Gasteiger partial charge on any atom is 0.290 e. The molecule has 2 aliphatic heterocycles. The average molecular weight is 250 g/mol. The number of nitrogens with one attached hydrogen (secondary N) is 1. The van der Waals surface area contributed by atoms with E-state index in [1.807, 2.05) is 4.90 Å². The molecular formula is C12H18N4O2. The molecule has 2 aliphatic rings. The summed E-state index contributed by atoms with van der Waals surface area (Å²) in [4.78, 5) is 20.5. The first kappa shape index (κ1) is 11.7. The minimum Gasteiger partial charge on any atom is -0.379 e. The zero-order valence-electron chi connectivity index (χ0n) is 10.3. The number of aromatic amines is 1. The van der Waals surface area contributed by atoms with Crippen LogP contribution in [0.5, 0.6) is 0 Å². The summed E-state index contributed by atoms with van der Waals surface area (Å²) in [6, 6.07) is 0.127. The lowest BCUT2D eigenvalue weighted by Crippen LogP contribution is -2.50. The van der Waals surface area contributed by atoms with Crippen LogP contribution in [-0.4, -0.2) is 42.3 Å². The topological polar surface area (TPSA) is 84.2 Å². The summed E-state index contributed by atoms with van der Waals surface area (Å²) in [7, 11) is 0. The van der Waals surface area contributed by atoms with E-state index in [0.717, 1.165) is 32.5 Å². The van der Waals surface area contributed by atoms with Gasteiger partial charge in [-0.2, -0.15) is 0 Å². The van der Waals surface area contributed by atoms with Crippen LogP contribution in [0.15, 0.2) is 17.2 Å². The van der Waals surface area contributed by atoms with Crippen molar-refractivity contribution in [2.75, 3.05) is 31.2 Å². The third-order valence-electron chi connectivity index (χ3n) is 4.22. The molecule has 0 bridgehead atoms. The van der Waals surface area contributed by atoms with Gasteiger partial charge in [-0.3, -0.25) is 4.79 Å². The number of nitrogens with zero attached hydrogens (tertiary/aromatic N) is 2. The Hall–Kier alpha value is -1.40. The molecule has 3 N–H and O–H groups in total. The van der Waals surface area contributed by atoms with E-state index in [1.54, 1.807) is 12.4 Å². The van der Waals surface area contributed by atoms with E-state index >= 15 is 0 Å². The number of hydrogen-bond acceptors (Lipinski definition) is 5. The van der Waals surface area contributed by atoms with Crippen molar-refractivity contribution in [2.24, 2.45) is 11.1 Å². The molecule has 6 nitrogen and oxygen atoms in total. The number of rotatable bonds is 1. The number of anilines is 1. The lowest BCUT2D eigenvalue weighted by atomic mass is 9.75. The van der Waals surface area contributed by atoms with Crippen molar-refractivity contribution in [2.45, 2.75) is 18.9 Å². The van der Waals surface area contributed by atoms with E-state index in [9.17, 15) is 4.79 Å². The summed E-state index contributed by atoms with van der Waals surface area (Å²) >= 11 is 0. The van der Waals surface area contributed by atoms with Gasteiger partial charge >= 0.3 is 0 Å². The Morgan fingerprint density at radius 1 is 1.50 bits per heavy atom. The van der Waals surface area contributed by atoms with Crippen LogP contribution < -0.4 is 16.2 Å². The first-order chi connectivity index (χ1) is 8.71. The van der Waals surface area contributed by atoms with Crippen LogP contribution in [-0.2, 0) is 4.74 Å². The summed E-state index contributed by atoms with van der Waals surface area (Å²) in [5.41, 5.74) is 6.12. The van der Waals surface area contributed by atoms with Crippen LogP contribution in [0.4, 0.5) is 5.82 Å². The number of H-pyrrole nitrogens is 1. The Morgan fingerprint density at radius 2 is 2.28 bits per heavy atom. The third kappa shape index (κ3) is 1.81. The van der Waals surface area contributed by atoms with E-state index < -0.39 is 0 Å². The first-order valence-electron chi connectivity index (χ1n) is 6.33. The maximum absolute atomic E-state index is 11.7. The van der Waals surface area contributed by atoms with Gasteiger partial charge in [0.05, 0.1) is 13.2 Å². The largest absolute Gasteiger partial charge is 0.379 e. The molecule has 3 heterocycles. The zero-order chi connectivity index (χ0) is 12.6. The molecule has 0 amide bonds. The van der Waals surface area contributed by atoms with Crippen LogP contribution in [0.25, 0.3) is 0 Å². The zero-order valence-corrected chi connectivity index (χ0v) is 10.3. The molecule has 0 aliphatic carbocycles. The van der Waals surface area contributed by atoms with Gasteiger partial charge < -0.3 is 20.4 Å². The predicted molar refractivity (Wildman–Crippen MR) is 67.5 cm³/mol. The molecule has 1 aromatic rings. The van der Waals surface area contributed by atoms with E-state index in [-0.39, 0.29) is 17.0 Å². The molecule has 1 spiro atoms. The lowest BCUT2D eigenvalue weighted by molar-refractivity contribution is 0.131. The van der Waals surface area contributed by atoms with Crippen molar-refractivity contribution in [3.05, 3.63) is 22.7 Å². The number of nitrogens with two attached hydrogens (primary N) is 1. The van der Waals surface area contributed by atoms with Crippen molar-refractivity contribution in [1.82, 2.24) is 9.97 Å². The Morgan fingerprint density at radius 3 is 2.89 bits per heavy atom. The summed E-state index contributed by atoms with van der Waals surface area (Å²) in [6.07, 6.45) is 5.10. The quantitative estimate of drug-likeness (QED) is 0.715. The summed E-state index contributed by atoms with van der Waals surface area (Å²) in [5, 5.41) is 0. The minimum absolute atomic E-state index is 0.109. The number of ether oxygens (including phenoxy) is 1. The van der Waals surface area contributed by atoms with Gasteiger partial charge in [0.2, 0.25) is 0 Å². The molecule has 2 fully saturated rings. The monoisotopic (exact) mass is 250 g/mol. The highest BCUT2D eigenvalue weighted by Crippen LogP contribution is 2.38. The van der Waals surface area contributed by atoms with Crippen molar-refractivity contribution >= 4 is 5.82 Å². The Balaban J connectivity index is 1.74. The standard InChI is InChI=1S/C12H18N4O2/c13-9-7-18-8-12(9)1-5-16(6-2-12)10-11(17)15-4-3-14-10/h3-4,9H,1-2,5-8,13H2,(H,15,17). The van der Waals surface area contributed by atoms with E-state index in [1.165, 1.54) is 0 Å². The van der Waals surface area contributed by atoms with Gasteiger partial charge in [0.1, 0.15) is 0 Å². The second-order valence-corrected chi connectivity index (χ2v) is 5.21. The van der Waals surface area contributed by atoms with Gasteiger partial charge in [-0.25, -0.2) is 4.98 Å². The van der Waals surface area contributed by atoms with Crippen molar-refractivity contribution in [1.29, 1.82) is 0 Å². The highest BCUT2D eigenvalue weighted by atomic mass is 16.5. The molecule has 98 valence electrons. The first-order valence-corrected chi connectivity index (χ1v) is 6.33. The van der Waals surface area contributed by atoms with Gasteiger partial charge in [-0.15, -0.1) is 0 Å². The normalized spacial score (nSPS) is 26.7. The van der Waals surface area contributed by atoms with Crippen molar-refractivity contribution < 1.29 is 4.74 Å². The van der Waals surface area contributed by atoms with Crippen LogP contribution >= 0.6 is 0 Å². The van der Waals surface area contributed by atoms with E-state index in [2.05, 4.69) is 9.97 Å². The van der Waals surface area contributed by atoms with Gasteiger partial charge in [-0.05, 0) is 12.8 Å². The Labute approximate surface area is 105 Å². The maximum atomic E-state index is 11.7. The predicted octanol–water partition coefficient (Wildman–Crippen LogP) is -0.286. The smallest absolute Gasteiger partial charge is 0.290 e. The fourth-order valence-corrected chi connectivity index (χ4v) is 2.92. The fourth-order valence-electron chi connectivity index (χ4n) is 2.92. The third-order valence-corrected chi connectivity index (χ3v) is 4.22. The Kier molecular flexibility index (Phi) is 2.83. The van der Waals surface area contributed by atoms with Crippen LogP contribution in [0.3, 0.4) is 0 Å².